The molecule has 1 aliphatic rings. The van der Waals surface area contributed by atoms with Crippen LogP contribution in [0, 0.1) is 12.8 Å². The second-order valence-electron chi connectivity index (χ2n) is 7.38. The van der Waals surface area contributed by atoms with E-state index < -0.39 is 10.0 Å². The van der Waals surface area contributed by atoms with Crippen LogP contribution in [0.3, 0.4) is 0 Å². The van der Waals surface area contributed by atoms with Gasteiger partial charge in [0, 0.05) is 18.0 Å². The Balaban J connectivity index is 1.88. The van der Waals surface area contributed by atoms with E-state index in [1.807, 2.05) is 74.5 Å². The Bertz CT molecular complexity index is 1190. The summed E-state index contributed by atoms with van der Waals surface area (Å²) < 4.78 is 28.5. The van der Waals surface area contributed by atoms with E-state index in [4.69, 9.17) is 0 Å². The maximum absolute atomic E-state index is 13.5. The third-order valence-corrected chi connectivity index (χ3v) is 7.09. The fourth-order valence-corrected chi connectivity index (χ4v) is 5.15. The first-order valence-corrected chi connectivity index (χ1v) is 10.8. The highest BCUT2D eigenvalue weighted by Crippen LogP contribution is 2.38. The van der Waals surface area contributed by atoms with Crippen LogP contribution in [0.15, 0.2) is 89.9 Å². The van der Waals surface area contributed by atoms with E-state index in [1.54, 1.807) is 16.4 Å². The smallest absolute Gasteiger partial charge is 0.264 e. The number of hydrogen-bond acceptors (Lipinski definition) is 2. The van der Waals surface area contributed by atoms with Gasteiger partial charge in [0.25, 0.3) is 10.0 Å². The Morgan fingerprint density at radius 3 is 2.39 bits per heavy atom. The molecule has 1 atom stereocenters. The molecular formula is C24H23NO2S. The van der Waals surface area contributed by atoms with Crippen LogP contribution in [-0.2, 0) is 10.0 Å². The lowest BCUT2D eigenvalue weighted by atomic mass is 10.00. The Labute approximate surface area is 166 Å². The Morgan fingerprint density at radius 1 is 1.00 bits per heavy atom. The third kappa shape index (κ3) is 3.14. The molecule has 4 rings (SSSR count). The van der Waals surface area contributed by atoms with Crippen LogP contribution in [0.2, 0.25) is 0 Å². The van der Waals surface area contributed by atoms with Crippen molar-refractivity contribution in [3.05, 3.63) is 96.1 Å². The van der Waals surface area contributed by atoms with E-state index in [0.29, 0.717) is 11.4 Å². The molecule has 28 heavy (non-hydrogen) atoms. The quantitative estimate of drug-likeness (QED) is 0.561. The summed E-state index contributed by atoms with van der Waals surface area (Å²) in [4.78, 5) is 0.312. The molecule has 0 bridgehead atoms. The maximum atomic E-state index is 13.5. The molecular weight excluding hydrogens is 366 g/mol. The molecule has 142 valence electrons. The molecule has 0 amide bonds. The SMILES string of the molecule is C=C(C)[C@H]1C=C(c2cccc3ccccc23)N(S(=O)(=O)c2ccc(C)cc2)C1. The second kappa shape index (κ2) is 6.95. The summed E-state index contributed by atoms with van der Waals surface area (Å²) in [5.41, 5.74) is 3.65. The van der Waals surface area contributed by atoms with Crippen molar-refractivity contribution < 1.29 is 8.42 Å². The van der Waals surface area contributed by atoms with Gasteiger partial charge >= 0.3 is 0 Å². The Morgan fingerprint density at radius 2 is 1.68 bits per heavy atom. The zero-order chi connectivity index (χ0) is 19.9. The van der Waals surface area contributed by atoms with E-state index in [1.165, 1.54) is 0 Å². The van der Waals surface area contributed by atoms with Crippen molar-refractivity contribution >= 4 is 26.5 Å². The summed E-state index contributed by atoms with van der Waals surface area (Å²) in [6.07, 6.45) is 2.04. The number of aryl methyl sites for hydroxylation is 1. The van der Waals surface area contributed by atoms with Crippen LogP contribution < -0.4 is 0 Å². The lowest BCUT2D eigenvalue weighted by molar-refractivity contribution is 0.506. The molecule has 0 saturated carbocycles. The fourth-order valence-electron chi connectivity index (χ4n) is 3.64. The Kier molecular flexibility index (Phi) is 4.60. The first-order chi connectivity index (χ1) is 13.4. The lowest BCUT2D eigenvalue weighted by Crippen LogP contribution is -2.29. The number of nitrogens with zero attached hydrogens (tertiary/aromatic N) is 1. The molecule has 0 aliphatic carbocycles. The number of hydrogen-bond donors (Lipinski definition) is 0. The molecule has 3 aromatic rings. The highest BCUT2D eigenvalue weighted by molar-refractivity contribution is 7.89. The van der Waals surface area contributed by atoms with E-state index >= 15 is 0 Å². The second-order valence-corrected chi connectivity index (χ2v) is 9.24. The number of benzene rings is 3. The van der Waals surface area contributed by atoms with E-state index in [9.17, 15) is 8.42 Å². The summed E-state index contributed by atoms with van der Waals surface area (Å²) in [5.74, 6) is -0.00538. The van der Waals surface area contributed by atoms with Gasteiger partial charge in [-0.3, -0.25) is 4.31 Å². The van der Waals surface area contributed by atoms with E-state index in [2.05, 4.69) is 6.58 Å². The molecule has 0 fully saturated rings. The zero-order valence-electron chi connectivity index (χ0n) is 16.1. The average molecular weight is 390 g/mol. The van der Waals surface area contributed by atoms with Crippen molar-refractivity contribution in [2.45, 2.75) is 18.7 Å². The molecule has 0 radical (unpaired) electrons. The van der Waals surface area contributed by atoms with Gasteiger partial charge in [-0.2, -0.15) is 0 Å². The summed E-state index contributed by atoms with van der Waals surface area (Å²) >= 11 is 0. The van der Waals surface area contributed by atoms with Gasteiger partial charge in [0.1, 0.15) is 0 Å². The van der Waals surface area contributed by atoms with Crippen molar-refractivity contribution in [3.8, 4) is 0 Å². The lowest BCUT2D eigenvalue weighted by Gasteiger charge is -2.24. The summed E-state index contributed by atoms with van der Waals surface area (Å²) in [7, 11) is -3.66. The van der Waals surface area contributed by atoms with Crippen LogP contribution in [-0.4, -0.2) is 19.3 Å². The van der Waals surface area contributed by atoms with Crippen LogP contribution in [0.5, 0.6) is 0 Å². The minimum absolute atomic E-state index is 0.00538. The van der Waals surface area contributed by atoms with Gasteiger partial charge in [-0.05, 0) is 36.8 Å². The minimum Gasteiger partial charge on any atom is -0.265 e. The van der Waals surface area contributed by atoms with Crippen LogP contribution >= 0.6 is 0 Å². The predicted octanol–water partition coefficient (Wildman–Crippen LogP) is 5.39. The van der Waals surface area contributed by atoms with Crippen molar-refractivity contribution in [1.29, 1.82) is 0 Å². The van der Waals surface area contributed by atoms with Crippen molar-refractivity contribution in [3.63, 3.8) is 0 Å². The van der Waals surface area contributed by atoms with Crippen molar-refractivity contribution in [2.75, 3.05) is 6.54 Å². The molecule has 3 aromatic carbocycles. The monoisotopic (exact) mass is 389 g/mol. The van der Waals surface area contributed by atoms with Gasteiger partial charge in [0.05, 0.1) is 10.6 Å². The zero-order valence-corrected chi connectivity index (χ0v) is 16.9. The molecule has 1 aliphatic heterocycles. The predicted molar refractivity (Wildman–Crippen MR) is 115 cm³/mol. The summed E-state index contributed by atoms with van der Waals surface area (Å²) in [6, 6.07) is 21.1. The molecule has 1 heterocycles. The van der Waals surface area contributed by atoms with E-state index in [-0.39, 0.29) is 5.92 Å². The normalized spacial score (nSPS) is 17.0. The van der Waals surface area contributed by atoms with Gasteiger partial charge in [-0.25, -0.2) is 8.42 Å². The maximum Gasteiger partial charge on any atom is 0.264 e. The summed E-state index contributed by atoms with van der Waals surface area (Å²) in [5, 5.41) is 2.13. The largest absolute Gasteiger partial charge is 0.265 e. The molecule has 0 N–H and O–H groups in total. The van der Waals surface area contributed by atoms with Gasteiger partial charge in [0.15, 0.2) is 0 Å². The first-order valence-electron chi connectivity index (χ1n) is 9.33. The number of rotatable bonds is 4. The average Bonchev–Trinajstić information content (AvgIpc) is 3.14. The Hall–Kier alpha value is -2.85. The first kappa shape index (κ1) is 18.5. The topological polar surface area (TPSA) is 37.4 Å². The van der Waals surface area contributed by atoms with Crippen LogP contribution in [0.4, 0.5) is 0 Å². The van der Waals surface area contributed by atoms with E-state index in [0.717, 1.165) is 33.2 Å². The van der Waals surface area contributed by atoms with Crippen molar-refractivity contribution in [2.24, 2.45) is 5.92 Å². The molecule has 0 spiro atoms. The van der Waals surface area contributed by atoms with Gasteiger partial charge in [-0.15, -0.1) is 0 Å². The molecule has 0 aromatic heterocycles. The summed E-state index contributed by atoms with van der Waals surface area (Å²) in [6.45, 7) is 8.34. The number of sulfonamides is 1. The fraction of sp³-hybridized carbons (Fsp3) is 0.167. The molecule has 3 nitrogen and oxygen atoms in total. The molecule has 0 unspecified atom stereocenters. The van der Waals surface area contributed by atoms with Crippen LogP contribution in [0.1, 0.15) is 18.1 Å². The van der Waals surface area contributed by atoms with Crippen LogP contribution in [0.25, 0.3) is 16.5 Å². The molecule has 0 saturated heterocycles. The minimum atomic E-state index is -3.66. The standard InChI is InChI=1S/C24H23NO2S/c1-17(2)20-15-24(23-10-6-8-19-7-4-5-9-22(19)23)25(16-20)28(26,27)21-13-11-18(3)12-14-21/h4-15,20H,1,16H2,2-3H3/t20-/m0/s1. The third-order valence-electron chi connectivity index (χ3n) is 5.30. The van der Waals surface area contributed by atoms with Gasteiger partial charge < -0.3 is 0 Å². The van der Waals surface area contributed by atoms with Gasteiger partial charge in [0.2, 0.25) is 0 Å². The molecule has 4 heteroatoms. The highest BCUT2D eigenvalue weighted by Gasteiger charge is 2.35. The number of fused-ring (bicyclic) bond motifs is 1. The van der Waals surface area contributed by atoms with Crippen molar-refractivity contribution in [1.82, 2.24) is 4.31 Å². The van der Waals surface area contributed by atoms with Gasteiger partial charge in [-0.1, -0.05) is 78.4 Å². The highest BCUT2D eigenvalue weighted by atomic mass is 32.2.